The summed E-state index contributed by atoms with van der Waals surface area (Å²) in [4.78, 5) is 32.8. The maximum Gasteiger partial charge on any atom is 0.374 e. The second-order valence-electron chi connectivity index (χ2n) is 4.78. The Morgan fingerprint density at radius 2 is 2.05 bits per heavy atom. The third-order valence-corrected chi connectivity index (χ3v) is 3.39. The first-order chi connectivity index (χ1) is 10.1. The Balaban J connectivity index is 2.11. The molecule has 21 heavy (non-hydrogen) atoms. The number of rotatable bonds is 2. The first-order valence-corrected chi connectivity index (χ1v) is 6.67. The van der Waals surface area contributed by atoms with E-state index in [1.54, 1.807) is 12.1 Å². The minimum absolute atomic E-state index is 0.00526. The van der Waals surface area contributed by atoms with Crippen LogP contribution in [-0.4, -0.2) is 46.6 Å². The van der Waals surface area contributed by atoms with Gasteiger partial charge in [0.2, 0.25) is 11.7 Å². The summed E-state index contributed by atoms with van der Waals surface area (Å²) in [5.41, 5.74) is 0.587. The van der Waals surface area contributed by atoms with Crippen molar-refractivity contribution in [2.24, 2.45) is 0 Å². The molecule has 108 valence electrons. The van der Waals surface area contributed by atoms with Gasteiger partial charge in [0, 0.05) is 31.4 Å². The number of nitrogens with zero attached hydrogens (tertiary/aromatic N) is 3. The highest BCUT2D eigenvalue weighted by Crippen LogP contribution is 2.24. The summed E-state index contributed by atoms with van der Waals surface area (Å²) >= 11 is 0. The molecular weight excluding hydrogens is 272 g/mol. The highest BCUT2D eigenvalue weighted by atomic mass is 16.4. The van der Waals surface area contributed by atoms with Crippen LogP contribution in [-0.2, 0) is 4.79 Å². The second-order valence-corrected chi connectivity index (χ2v) is 4.78. The van der Waals surface area contributed by atoms with Crippen LogP contribution in [0.4, 0.5) is 5.82 Å². The van der Waals surface area contributed by atoms with Crippen molar-refractivity contribution in [1.29, 1.82) is 0 Å². The number of carboxylic acids is 1. The number of para-hydroxylation sites is 1. The van der Waals surface area contributed by atoms with Crippen LogP contribution in [0.5, 0.6) is 0 Å². The van der Waals surface area contributed by atoms with Crippen molar-refractivity contribution in [1.82, 2.24) is 15.3 Å². The number of carbonyl (C=O) groups excluding carboxylic acids is 1. The fourth-order valence-corrected chi connectivity index (χ4v) is 2.38. The molecule has 1 aromatic carbocycles. The molecular formula is C14H14N4O3. The molecule has 0 atom stereocenters. The average molecular weight is 286 g/mol. The van der Waals surface area contributed by atoms with Gasteiger partial charge in [-0.2, -0.15) is 0 Å². The van der Waals surface area contributed by atoms with Crippen LogP contribution in [0.2, 0.25) is 0 Å². The van der Waals surface area contributed by atoms with Crippen molar-refractivity contribution in [3.63, 3.8) is 0 Å². The van der Waals surface area contributed by atoms with E-state index in [0.29, 0.717) is 37.4 Å². The zero-order chi connectivity index (χ0) is 14.8. The molecule has 0 unspecified atom stereocenters. The smallest absolute Gasteiger partial charge is 0.374 e. The van der Waals surface area contributed by atoms with Crippen LogP contribution in [0, 0.1) is 0 Å². The van der Waals surface area contributed by atoms with E-state index >= 15 is 0 Å². The SMILES string of the molecule is O=C1CCN(c2nc(C(=O)O)nc3ccccc23)CCN1. The Labute approximate surface area is 120 Å². The third-order valence-electron chi connectivity index (χ3n) is 3.39. The van der Waals surface area contributed by atoms with E-state index in [-0.39, 0.29) is 11.7 Å². The summed E-state index contributed by atoms with van der Waals surface area (Å²) in [5.74, 6) is -0.831. The van der Waals surface area contributed by atoms with Crippen molar-refractivity contribution in [3.05, 3.63) is 30.1 Å². The maximum absolute atomic E-state index is 11.4. The number of anilines is 1. The maximum atomic E-state index is 11.4. The molecule has 7 nitrogen and oxygen atoms in total. The number of nitrogens with one attached hydrogen (secondary N) is 1. The van der Waals surface area contributed by atoms with Crippen LogP contribution >= 0.6 is 0 Å². The summed E-state index contributed by atoms with van der Waals surface area (Å²) in [5, 5.41) is 12.7. The topological polar surface area (TPSA) is 95.4 Å². The summed E-state index contributed by atoms with van der Waals surface area (Å²) in [6, 6.07) is 7.28. The van der Waals surface area contributed by atoms with Crippen LogP contribution < -0.4 is 10.2 Å². The van der Waals surface area contributed by atoms with Gasteiger partial charge in [0.25, 0.3) is 0 Å². The number of aromatic carboxylic acids is 1. The Bertz CT molecular complexity index is 716. The number of carboxylic acid groups (broad SMARTS) is 1. The van der Waals surface area contributed by atoms with Gasteiger partial charge >= 0.3 is 5.97 Å². The van der Waals surface area contributed by atoms with Crippen molar-refractivity contribution < 1.29 is 14.7 Å². The molecule has 1 aliphatic rings. The lowest BCUT2D eigenvalue weighted by molar-refractivity contribution is -0.120. The van der Waals surface area contributed by atoms with Crippen LogP contribution in [0.3, 0.4) is 0 Å². The number of fused-ring (bicyclic) bond motifs is 1. The fourth-order valence-electron chi connectivity index (χ4n) is 2.38. The van der Waals surface area contributed by atoms with Crippen LogP contribution in [0.1, 0.15) is 17.0 Å². The number of carbonyl (C=O) groups is 2. The zero-order valence-corrected chi connectivity index (χ0v) is 11.2. The molecule has 2 N–H and O–H groups in total. The Morgan fingerprint density at radius 3 is 2.86 bits per heavy atom. The predicted molar refractivity (Wildman–Crippen MR) is 76.3 cm³/mol. The van der Waals surface area contributed by atoms with Gasteiger partial charge in [-0.05, 0) is 12.1 Å². The van der Waals surface area contributed by atoms with Crippen molar-refractivity contribution in [2.75, 3.05) is 24.5 Å². The summed E-state index contributed by atoms with van der Waals surface area (Å²) in [7, 11) is 0. The third kappa shape index (κ3) is 2.62. The first-order valence-electron chi connectivity index (χ1n) is 6.67. The van der Waals surface area contributed by atoms with E-state index in [9.17, 15) is 9.59 Å². The van der Waals surface area contributed by atoms with Gasteiger partial charge in [-0.3, -0.25) is 4.79 Å². The van der Waals surface area contributed by atoms with Crippen molar-refractivity contribution in [3.8, 4) is 0 Å². The van der Waals surface area contributed by atoms with Crippen molar-refractivity contribution >= 4 is 28.6 Å². The van der Waals surface area contributed by atoms with E-state index in [1.165, 1.54) is 0 Å². The number of benzene rings is 1. The molecule has 1 saturated heterocycles. The monoisotopic (exact) mass is 286 g/mol. The van der Waals surface area contributed by atoms with E-state index in [0.717, 1.165) is 5.39 Å². The lowest BCUT2D eigenvalue weighted by Crippen LogP contribution is -2.29. The number of hydrogen-bond acceptors (Lipinski definition) is 5. The summed E-state index contributed by atoms with van der Waals surface area (Å²) < 4.78 is 0. The molecule has 2 aromatic rings. The van der Waals surface area contributed by atoms with Crippen LogP contribution in [0.25, 0.3) is 10.9 Å². The van der Waals surface area contributed by atoms with Gasteiger partial charge in [-0.15, -0.1) is 0 Å². The molecule has 2 heterocycles. The first kappa shape index (κ1) is 13.3. The molecule has 1 aliphatic heterocycles. The normalized spacial score (nSPS) is 15.6. The van der Waals surface area contributed by atoms with Gasteiger partial charge in [-0.1, -0.05) is 12.1 Å². The van der Waals surface area contributed by atoms with Crippen LogP contribution in [0.15, 0.2) is 24.3 Å². The molecule has 3 rings (SSSR count). The minimum Gasteiger partial charge on any atom is -0.475 e. The standard InChI is InChI=1S/C14H14N4O3/c19-11-5-7-18(8-6-15-11)13-9-3-1-2-4-10(9)16-12(17-13)14(20)21/h1-4H,5-8H2,(H,15,19)(H,20,21). The van der Waals surface area contributed by atoms with E-state index < -0.39 is 5.97 Å². The quantitative estimate of drug-likeness (QED) is 0.841. The molecule has 7 heteroatoms. The Kier molecular flexibility index (Phi) is 3.39. The lowest BCUT2D eigenvalue weighted by atomic mass is 10.2. The molecule has 0 radical (unpaired) electrons. The predicted octanol–water partition coefficient (Wildman–Crippen LogP) is 0.654. The van der Waals surface area contributed by atoms with Gasteiger partial charge in [0.15, 0.2) is 0 Å². The molecule has 0 bridgehead atoms. The molecule has 1 amide bonds. The number of amides is 1. The van der Waals surface area contributed by atoms with E-state index in [1.807, 2.05) is 17.0 Å². The van der Waals surface area contributed by atoms with E-state index in [2.05, 4.69) is 15.3 Å². The summed E-state index contributed by atoms with van der Waals surface area (Å²) in [6.45, 7) is 1.61. The highest BCUT2D eigenvalue weighted by molar-refractivity contribution is 5.94. The Morgan fingerprint density at radius 1 is 1.24 bits per heavy atom. The van der Waals surface area contributed by atoms with E-state index in [4.69, 9.17) is 5.11 Å². The average Bonchev–Trinajstić information content (AvgIpc) is 2.70. The summed E-state index contributed by atoms with van der Waals surface area (Å²) in [6.07, 6.45) is 0.362. The number of aromatic nitrogens is 2. The fraction of sp³-hybridized carbons (Fsp3) is 0.286. The Hall–Kier alpha value is -2.70. The van der Waals surface area contributed by atoms with Crippen molar-refractivity contribution in [2.45, 2.75) is 6.42 Å². The minimum atomic E-state index is -1.16. The molecule has 0 spiro atoms. The lowest BCUT2D eigenvalue weighted by Gasteiger charge is -2.22. The second kappa shape index (κ2) is 5.35. The number of hydrogen-bond donors (Lipinski definition) is 2. The van der Waals surface area contributed by atoms with Gasteiger partial charge in [-0.25, -0.2) is 14.8 Å². The molecule has 1 fully saturated rings. The van der Waals surface area contributed by atoms with Gasteiger partial charge < -0.3 is 15.3 Å². The van der Waals surface area contributed by atoms with Gasteiger partial charge in [0.1, 0.15) is 5.82 Å². The zero-order valence-electron chi connectivity index (χ0n) is 11.2. The largest absolute Gasteiger partial charge is 0.475 e. The molecule has 0 saturated carbocycles. The highest BCUT2D eigenvalue weighted by Gasteiger charge is 2.20. The molecule has 1 aromatic heterocycles. The molecule has 0 aliphatic carbocycles. The van der Waals surface area contributed by atoms with Gasteiger partial charge in [0.05, 0.1) is 5.52 Å².